The fourth-order valence-corrected chi connectivity index (χ4v) is 4.00. The lowest BCUT2D eigenvalue weighted by atomic mass is 10.0. The molecule has 186 valence electrons. The largest absolute Gasteiger partial charge is 0.476 e. The van der Waals surface area contributed by atoms with E-state index in [4.69, 9.17) is 9.47 Å². The molecule has 1 aliphatic rings. The number of hydrogen-bond acceptors (Lipinski definition) is 8. The number of imidazole rings is 1. The van der Waals surface area contributed by atoms with Crippen LogP contribution in [0.4, 0.5) is 10.7 Å². The fraction of sp³-hybridized carbons (Fsp3) is 0.320. The standard InChI is InChI=1S/C25H28N8O3/c1-2-26-25(34)32-24-30-20-15-18(14-19(22(20)31-24)23-27-6-3-7-28-23)17-4-5-21(29-16-17)36-13-10-33-8-11-35-12-9-33/h3-7,14-16H,2,8-13H2,1H3,(H3,26,30,31,32,34). The van der Waals surface area contributed by atoms with Crippen LogP contribution in [0.2, 0.25) is 0 Å². The van der Waals surface area contributed by atoms with E-state index in [1.165, 1.54) is 0 Å². The minimum Gasteiger partial charge on any atom is -0.476 e. The molecule has 4 aromatic rings. The Morgan fingerprint density at radius 3 is 2.72 bits per heavy atom. The van der Waals surface area contributed by atoms with Crippen molar-refractivity contribution in [3.05, 3.63) is 48.9 Å². The first-order valence-electron chi connectivity index (χ1n) is 11.9. The number of aromatic nitrogens is 5. The van der Waals surface area contributed by atoms with E-state index >= 15 is 0 Å². The summed E-state index contributed by atoms with van der Waals surface area (Å²) >= 11 is 0. The molecule has 0 radical (unpaired) electrons. The molecule has 1 saturated heterocycles. The van der Waals surface area contributed by atoms with Crippen molar-refractivity contribution in [2.45, 2.75) is 6.92 Å². The molecule has 0 aliphatic carbocycles. The lowest BCUT2D eigenvalue weighted by Gasteiger charge is -2.26. The van der Waals surface area contributed by atoms with Crippen molar-refractivity contribution in [2.24, 2.45) is 0 Å². The van der Waals surface area contributed by atoms with E-state index in [2.05, 4.69) is 40.5 Å². The molecule has 2 amide bonds. The number of pyridine rings is 1. The quantitative estimate of drug-likeness (QED) is 0.345. The van der Waals surface area contributed by atoms with E-state index in [1.54, 1.807) is 24.7 Å². The van der Waals surface area contributed by atoms with Crippen LogP contribution in [0.5, 0.6) is 5.88 Å². The molecule has 11 heteroatoms. The van der Waals surface area contributed by atoms with Gasteiger partial charge in [-0.05, 0) is 36.8 Å². The maximum absolute atomic E-state index is 12.0. The Hall–Kier alpha value is -4.09. The summed E-state index contributed by atoms with van der Waals surface area (Å²) in [6.45, 7) is 7.18. The third-order valence-electron chi connectivity index (χ3n) is 5.79. The average Bonchev–Trinajstić information content (AvgIpc) is 3.32. The Balaban J connectivity index is 1.38. The van der Waals surface area contributed by atoms with Gasteiger partial charge in [0.1, 0.15) is 12.1 Å². The number of nitrogens with one attached hydrogen (secondary N) is 3. The molecule has 0 spiro atoms. The highest BCUT2D eigenvalue weighted by Gasteiger charge is 2.16. The lowest BCUT2D eigenvalue weighted by molar-refractivity contribution is 0.0320. The molecule has 0 bridgehead atoms. The molecular weight excluding hydrogens is 460 g/mol. The number of amides is 2. The van der Waals surface area contributed by atoms with Crippen LogP contribution >= 0.6 is 0 Å². The normalized spacial score (nSPS) is 14.0. The number of ether oxygens (including phenoxy) is 2. The summed E-state index contributed by atoms with van der Waals surface area (Å²) in [5.41, 5.74) is 3.96. The van der Waals surface area contributed by atoms with Gasteiger partial charge in [0.05, 0.1) is 18.7 Å². The molecule has 0 atom stereocenters. The highest BCUT2D eigenvalue weighted by Crippen LogP contribution is 2.32. The minimum absolute atomic E-state index is 0.331. The predicted octanol–water partition coefficient (Wildman–Crippen LogP) is 2.93. The molecule has 1 fully saturated rings. The van der Waals surface area contributed by atoms with E-state index < -0.39 is 0 Å². The Kier molecular flexibility index (Phi) is 7.29. The van der Waals surface area contributed by atoms with Crippen LogP contribution in [0.3, 0.4) is 0 Å². The van der Waals surface area contributed by atoms with E-state index in [9.17, 15) is 4.79 Å². The molecule has 1 aliphatic heterocycles. The minimum atomic E-state index is -0.331. The molecule has 1 aromatic carbocycles. The first kappa shape index (κ1) is 23.6. The summed E-state index contributed by atoms with van der Waals surface area (Å²) in [6, 6.07) is 9.21. The third-order valence-corrected chi connectivity index (χ3v) is 5.79. The summed E-state index contributed by atoms with van der Waals surface area (Å²) in [7, 11) is 0. The maximum atomic E-state index is 12.0. The summed E-state index contributed by atoms with van der Waals surface area (Å²) in [5.74, 6) is 1.46. The summed E-state index contributed by atoms with van der Waals surface area (Å²) in [5, 5.41) is 5.42. The molecule has 0 unspecified atom stereocenters. The maximum Gasteiger partial charge on any atom is 0.321 e. The Labute approximate surface area is 208 Å². The number of anilines is 1. The van der Waals surface area contributed by atoms with Crippen LogP contribution in [-0.2, 0) is 4.74 Å². The number of carbonyl (C=O) groups excluding carboxylic acids is 1. The second kappa shape index (κ2) is 11.1. The number of benzene rings is 1. The van der Waals surface area contributed by atoms with E-state index in [0.29, 0.717) is 36.3 Å². The second-order valence-electron chi connectivity index (χ2n) is 8.25. The van der Waals surface area contributed by atoms with Crippen LogP contribution in [0.15, 0.2) is 48.9 Å². The van der Waals surface area contributed by atoms with Crippen molar-refractivity contribution in [1.82, 2.24) is 35.1 Å². The summed E-state index contributed by atoms with van der Waals surface area (Å²) in [4.78, 5) is 35.4. The lowest BCUT2D eigenvalue weighted by Crippen LogP contribution is -2.38. The van der Waals surface area contributed by atoms with Gasteiger partial charge in [0.2, 0.25) is 11.8 Å². The Morgan fingerprint density at radius 1 is 1.14 bits per heavy atom. The van der Waals surface area contributed by atoms with Gasteiger partial charge in [-0.15, -0.1) is 0 Å². The van der Waals surface area contributed by atoms with Gasteiger partial charge in [-0.2, -0.15) is 0 Å². The number of H-pyrrole nitrogens is 1. The number of morpholine rings is 1. The molecule has 3 aromatic heterocycles. The molecule has 11 nitrogen and oxygen atoms in total. The molecule has 0 saturated carbocycles. The number of fused-ring (bicyclic) bond motifs is 1. The van der Waals surface area contributed by atoms with Crippen LogP contribution < -0.4 is 15.4 Å². The highest BCUT2D eigenvalue weighted by atomic mass is 16.5. The number of nitrogens with zero attached hydrogens (tertiary/aromatic N) is 5. The second-order valence-corrected chi connectivity index (χ2v) is 8.25. The van der Waals surface area contributed by atoms with Crippen LogP contribution in [0.25, 0.3) is 33.5 Å². The molecule has 3 N–H and O–H groups in total. The van der Waals surface area contributed by atoms with Gasteiger partial charge in [0, 0.05) is 62.0 Å². The van der Waals surface area contributed by atoms with E-state index in [0.717, 1.165) is 55.1 Å². The van der Waals surface area contributed by atoms with Crippen molar-refractivity contribution in [1.29, 1.82) is 0 Å². The fourth-order valence-electron chi connectivity index (χ4n) is 4.00. The molecular formula is C25H28N8O3. The van der Waals surface area contributed by atoms with E-state index in [-0.39, 0.29) is 6.03 Å². The highest BCUT2D eigenvalue weighted by molar-refractivity contribution is 5.97. The summed E-state index contributed by atoms with van der Waals surface area (Å²) < 4.78 is 11.2. The number of urea groups is 1. The average molecular weight is 489 g/mol. The Bertz CT molecular complexity index is 1300. The Morgan fingerprint density at radius 2 is 1.97 bits per heavy atom. The first-order chi connectivity index (χ1) is 17.7. The van der Waals surface area contributed by atoms with Crippen molar-refractivity contribution in [3.63, 3.8) is 0 Å². The van der Waals surface area contributed by atoms with E-state index in [1.807, 2.05) is 31.2 Å². The van der Waals surface area contributed by atoms with Crippen molar-refractivity contribution < 1.29 is 14.3 Å². The van der Waals surface area contributed by atoms with Crippen LogP contribution in [0, 0.1) is 0 Å². The SMILES string of the molecule is CCNC(=O)Nc1nc2c(-c3ncccn3)cc(-c3ccc(OCCN4CCOCC4)nc3)cc2[nH]1. The van der Waals surface area contributed by atoms with Crippen molar-refractivity contribution >= 4 is 23.0 Å². The van der Waals surface area contributed by atoms with Gasteiger partial charge in [-0.1, -0.05) is 0 Å². The zero-order valence-corrected chi connectivity index (χ0v) is 20.0. The molecule has 4 heterocycles. The zero-order chi connectivity index (χ0) is 24.7. The number of hydrogen-bond donors (Lipinski definition) is 3. The van der Waals surface area contributed by atoms with Gasteiger partial charge in [0.15, 0.2) is 5.82 Å². The van der Waals surface area contributed by atoms with Gasteiger partial charge in [-0.3, -0.25) is 10.2 Å². The third kappa shape index (κ3) is 5.58. The molecule has 36 heavy (non-hydrogen) atoms. The molecule has 5 rings (SSSR count). The number of aromatic amines is 1. The van der Waals surface area contributed by atoms with Crippen LogP contribution in [-0.4, -0.2) is 81.9 Å². The number of carbonyl (C=O) groups is 1. The van der Waals surface area contributed by atoms with Crippen molar-refractivity contribution in [3.8, 4) is 28.4 Å². The monoisotopic (exact) mass is 488 g/mol. The zero-order valence-electron chi connectivity index (χ0n) is 20.0. The summed E-state index contributed by atoms with van der Waals surface area (Å²) in [6.07, 6.45) is 5.16. The van der Waals surface area contributed by atoms with Gasteiger partial charge >= 0.3 is 6.03 Å². The van der Waals surface area contributed by atoms with Gasteiger partial charge in [0.25, 0.3) is 0 Å². The number of rotatable bonds is 8. The van der Waals surface area contributed by atoms with Gasteiger partial charge < -0.3 is 19.8 Å². The van der Waals surface area contributed by atoms with Crippen molar-refractivity contribution in [2.75, 3.05) is 51.3 Å². The van der Waals surface area contributed by atoms with Crippen LogP contribution in [0.1, 0.15) is 6.92 Å². The first-order valence-corrected chi connectivity index (χ1v) is 11.9. The van der Waals surface area contributed by atoms with Gasteiger partial charge in [-0.25, -0.2) is 24.7 Å². The predicted molar refractivity (Wildman–Crippen MR) is 136 cm³/mol. The smallest absolute Gasteiger partial charge is 0.321 e. The topological polar surface area (TPSA) is 130 Å².